The predicted octanol–water partition coefficient (Wildman–Crippen LogP) is 3.31. The smallest absolute Gasteiger partial charge is 0.203 e. The number of benzene rings is 1. The number of hydrogen-bond acceptors (Lipinski definition) is 2. The zero-order valence-corrected chi connectivity index (χ0v) is 11.6. The van der Waals surface area contributed by atoms with Crippen LogP contribution >= 0.6 is 15.9 Å². The van der Waals surface area contributed by atoms with E-state index in [0.717, 1.165) is 41.3 Å². The lowest BCUT2D eigenvalue weighted by Crippen LogP contribution is -2.20. The van der Waals surface area contributed by atoms with Crippen LogP contribution in [0.15, 0.2) is 18.2 Å². The fraction of sp³-hybridized carbons (Fsp3) is 0.462. The van der Waals surface area contributed by atoms with E-state index in [9.17, 15) is 4.39 Å². The third-order valence-corrected chi connectivity index (χ3v) is 3.99. The van der Waals surface area contributed by atoms with Crippen LogP contribution in [0, 0.1) is 11.7 Å². The summed E-state index contributed by atoms with van der Waals surface area (Å²) in [5.74, 6) is 1.37. The van der Waals surface area contributed by atoms with Gasteiger partial charge in [0.25, 0.3) is 0 Å². The highest BCUT2D eigenvalue weighted by Crippen LogP contribution is 2.26. The zero-order valence-electron chi connectivity index (χ0n) is 10.00. The lowest BCUT2D eigenvalue weighted by atomic mass is 10.1. The normalized spacial score (nSPS) is 19.9. The topological polar surface area (TPSA) is 31.9 Å². The molecular weight excluding hydrogens is 297 g/mol. The molecule has 5 heteroatoms. The van der Waals surface area contributed by atoms with Gasteiger partial charge in [-0.15, -0.1) is 0 Å². The Morgan fingerprint density at radius 1 is 1.50 bits per heavy atom. The lowest BCUT2D eigenvalue weighted by Gasteiger charge is -2.14. The number of nitrogens with zero attached hydrogens (tertiary/aromatic N) is 2. The molecule has 1 unspecified atom stereocenters. The molecule has 0 aliphatic carbocycles. The molecule has 1 aromatic carbocycles. The SMILES string of the molecule is Fc1ccc2nc(N3CCC(CCBr)C3)[nH]c2c1. The number of aromatic amines is 1. The van der Waals surface area contributed by atoms with E-state index in [4.69, 9.17) is 0 Å². The summed E-state index contributed by atoms with van der Waals surface area (Å²) in [5, 5.41) is 1.05. The Hall–Kier alpha value is -1.10. The number of alkyl halides is 1. The van der Waals surface area contributed by atoms with Gasteiger partial charge in [-0.3, -0.25) is 0 Å². The van der Waals surface area contributed by atoms with Crippen molar-refractivity contribution in [2.45, 2.75) is 12.8 Å². The number of aromatic nitrogens is 2. The number of imidazole rings is 1. The van der Waals surface area contributed by atoms with Crippen molar-refractivity contribution in [1.29, 1.82) is 0 Å². The monoisotopic (exact) mass is 311 g/mol. The molecule has 1 N–H and O–H groups in total. The second kappa shape index (κ2) is 4.88. The van der Waals surface area contributed by atoms with Gasteiger partial charge in [0.05, 0.1) is 11.0 Å². The Labute approximate surface area is 114 Å². The number of anilines is 1. The maximum atomic E-state index is 13.1. The molecule has 1 atom stereocenters. The van der Waals surface area contributed by atoms with Crippen LogP contribution in [0.2, 0.25) is 0 Å². The van der Waals surface area contributed by atoms with Crippen LogP contribution in [-0.2, 0) is 0 Å². The molecule has 2 heterocycles. The number of fused-ring (bicyclic) bond motifs is 1. The molecule has 1 saturated heterocycles. The lowest BCUT2D eigenvalue weighted by molar-refractivity contribution is 0.575. The number of nitrogens with one attached hydrogen (secondary N) is 1. The average Bonchev–Trinajstić information content (AvgIpc) is 2.94. The van der Waals surface area contributed by atoms with Crippen molar-refractivity contribution in [3.05, 3.63) is 24.0 Å². The molecular formula is C13H15BrFN3. The Morgan fingerprint density at radius 3 is 3.22 bits per heavy atom. The number of hydrogen-bond donors (Lipinski definition) is 1. The van der Waals surface area contributed by atoms with Gasteiger partial charge in [-0.05, 0) is 37.0 Å². The van der Waals surface area contributed by atoms with E-state index in [1.807, 2.05) is 0 Å². The van der Waals surface area contributed by atoms with Crippen molar-refractivity contribution >= 4 is 32.9 Å². The van der Waals surface area contributed by atoms with Crippen molar-refractivity contribution in [3.8, 4) is 0 Å². The predicted molar refractivity (Wildman–Crippen MR) is 74.8 cm³/mol. The molecule has 1 fully saturated rings. The van der Waals surface area contributed by atoms with Crippen LogP contribution in [0.1, 0.15) is 12.8 Å². The standard InChI is InChI=1S/C13H15BrFN3/c14-5-3-9-4-6-18(8-9)13-16-11-2-1-10(15)7-12(11)17-13/h1-2,7,9H,3-6,8H2,(H,16,17). The van der Waals surface area contributed by atoms with E-state index in [1.165, 1.54) is 25.0 Å². The van der Waals surface area contributed by atoms with Gasteiger partial charge in [0.1, 0.15) is 5.82 Å². The van der Waals surface area contributed by atoms with E-state index >= 15 is 0 Å². The molecule has 0 amide bonds. The van der Waals surface area contributed by atoms with Crippen LogP contribution in [-0.4, -0.2) is 28.4 Å². The van der Waals surface area contributed by atoms with E-state index in [2.05, 4.69) is 30.8 Å². The van der Waals surface area contributed by atoms with Gasteiger partial charge in [0, 0.05) is 18.4 Å². The average molecular weight is 312 g/mol. The Balaban J connectivity index is 1.82. The third kappa shape index (κ3) is 2.23. The van der Waals surface area contributed by atoms with Gasteiger partial charge in [-0.2, -0.15) is 0 Å². The first-order chi connectivity index (χ1) is 8.76. The highest BCUT2D eigenvalue weighted by molar-refractivity contribution is 9.09. The van der Waals surface area contributed by atoms with E-state index in [1.54, 1.807) is 6.07 Å². The Bertz CT molecular complexity index is 554. The van der Waals surface area contributed by atoms with Crippen molar-refractivity contribution in [2.24, 2.45) is 5.92 Å². The van der Waals surface area contributed by atoms with Gasteiger partial charge >= 0.3 is 0 Å². The van der Waals surface area contributed by atoms with Gasteiger partial charge in [-0.25, -0.2) is 9.37 Å². The fourth-order valence-electron chi connectivity index (χ4n) is 2.53. The molecule has 1 aliphatic heterocycles. The van der Waals surface area contributed by atoms with Crippen molar-refractivity contribution in [2.75, 3.05) is 23.3 Å². The molecule has 0 radical (unpaired) electrons. The molecule has 96 valence electrons. The van der Waals surface area contributed by atoms with Gasteiger partial charge in [0.2, 0.25) is 5.95 Å². The van der Waals surface area contributed by atoms with Crippen LogP contribution in [0.3, 0.4) is 0 Å². The summed E-state index contributed by atoms with van der Waals surface area (Å²) in [6.07, 6.45) is 2.41. The molecule has 18 heavy (non-hydrogen) atoms. The van der Waals surface area contributed by atoms with E-state index in [0.29, 0.717) is 0 Å². The summed E-state index contributed by atoms with van der Waals surface area (Å²) >= 11 is 3.49. The Kier molecular flexibility index (Phi) is 3.24. The van der Waals surface area contributed by atoms with Crippen molar-refractivity contribution in [1.82, 2.24) is 9.97 Å². The summed E-state index contributed by atoms with van der Waals surface area (Å²) in [6, 6.07) is 4.67. The van der Waals surface area contributed by atoms with Crippen LogP contribution in [0.25, 0.3) is 11.0 Å². The highest BCUT2D eigenvalue weighted by Gasteiger charge is 2.24. The second-order valence-corrected chi connectivity index (χ2v) is 5.59. The molecule has 0 saturated carbocycles. The van der Waals surface area contributed by atoms with Gasteiger partial charge < -0.3 is 9.88 Å². The first-order valence-electron chi connectivity index (χ1n) is 6.22. The Morgan fingerprint density at radius 2 is 2.39 bits per heavy atom. The van der Waals surface area contributed by atoms with Gasteiger partial charge in [-0.1, -0.05) is 15.9 Å². The van der Waals surface area contributed by atoms with E-state index in [-0.39, 0.29) is 5.82 Å². The molecule has 0 spiro atoms. The molecule has 2 aromatic rings. The van der Waals surface area contributed by atoms with Crippen molar-refractivity contribution in [3.63, 3.8) is 0 Å². The second-order valence-electron chi connectivity index (χ2n) is 4.80. The first kappa shape index (κ1) is 12.0. The number of H-pyrrole nitrogens is 1. The minimum atomic E-state index is -0.226. The number of rotatable bonds is 3. The summed E-state index contributed by atoms with van der Waals surface area (Å²) < 4.78 is 13.1. The molecule has 3 rings (SSSR count). The largest absolute Gasteiger partial charge is 0.342 e. The van der Waals surface area contributed by atoms with Crippen LogP contribution in [0.4, 0.5) is 10.3 Å². The summed E-state index contributed by atoms with van der Waals surface area (Å²) in [4.78, 5) is 9.98. The van der Waals surface area contributed by atoms with Crippen LogP contribution < -0.4 is 4.90 Å². The molecule has 1 aromatic heterocycles. The third-order valence-electron chi connectivity index (χ3n) is 3.53. The highest BCUT2D eigenvalue weighted by atomic mass is 79.9. The maximum absolute atomic E-state index is 13.1. The van der Waals surface area contributed by atoms with Crippen LogP contribution in [0.5, 0.6) is 0 Å². The quantitative estimate of drug-likeness (QED) is 0.882. The van der Waals surface area contributed by atoms with Gasteiger partial charge in [0.15, 0.2) is 0 Å². The molecule has 3 nitrogen and oxygen atoms in total. The maximum Gasteiger partial charge on any atom is 0.203 e. The van der Waals surface area contributed by atoms with E-state index < -0.39 is 0 Å². The summed E-state index contributed by atoms with van der Waals surface area (Å²) in [7, 11) is 0. The number of halogens is 2. The molecule has 1 aliphatic rings. The summed E-state index contributed by atoms with van der Waals surface area (Å²) in [5.41, 5.74) is 1.60. The van der Waals surface area contributed by atoms with Crippen molar-refractivity contribution < 1.29 is 4.39 Å². The minimum absolute atomic E-state index is 0.226. The fourth-order valence-corrected chi connectivity index (χ4v) is 3.18. The minimum Gasteiger partial charge on any atom is -0.342 e. The zero-order chi connectivity index (χ0) is 12.5. The molecule has 0 bridgehead atoms. The first-order valence-corrected chi connectivity index (χ1v) is 7.34. The summed E-state index contributed by atoms with van der Waals surface area (Å²) in [6.45, 7) is 2.06.